The molecule has 6 N–H and O–H groups in total. The molecule has 1 saturated heterocycles. The summed E-state index contributed by atoms with van der Waals surface area (Å²) in [6.45, 7) is 5.97. The number of primary amides is 1. The Balaban J connectivity index is 1.69. The van der Waals surface area contributed by atoms with Gasteiger partial charge in [-0.05, 0) is 51.1 Å². The Morgan fingerprint density at radius 1 is 1.23 bits per heavy atom. The summed E-state index contributed by atoms with van der Waals surface area (Å²) in [5.41, 5.74) is -0.00886. The molecule has 1 aromatic carbocycles. The van der Waals surface area contributed by atoms with Crippen molar-refractivity contribution >= 4 is 40.6 Å². The molecule has 0 radical (unpaired) electrons. The number of phenolic OH excluding ortho intramolecular Hbond substituents is 1. The lowest BCUT2D eigenvalue weighted by molar-refractivity contribution is -0.166. The number of likely N-dealkylation sites (N-methyl/N-ethyl adjacent to an activating group) is 1. The summed E-state index contributed by atoms with van der Waals surface area (Å²) in [5, 5.41) is 35.5. The van der Waals surface area contributed by atoms with Gasteiger partial charge in [0.15, 0.2) is 28.7 Å². The minimum atomic E-state index is -2.69. The molecule has 13 heteroatoms. The zero-order valence-corrected chi connectivity index (χ0v) is 25.4. The van der Waals surface area contributed by atoms with Crippen molar-refractivity contribution in [1.82, 2.24) is 10.2 Å². The molecule has 0 aromatic heterocycles. The molecule has 12 nitrogen and oxygen atoms in total. The standard InChI is InChI=1S/C31H40FN5O7/c1-5-10-37(19(38)6-2)17-11-16(32)14-12-30(7-3)13-15-23(36(4)18-8-9-35-18)26(41)21(29(34)43)27(33)31(15,44)28(42)22(30)25(40)20(14)24(17)39/h11,15,18,21-23,33,35,39,44H,5-10,12-13H2,1-4H3,(H2,34,43). The third-order valence-corrected chi connectivity index (χ3v) is 10.5. The van der Waals surface area contributed by atoms with Crippen LogP contribution in [0.25, 0.3) is 0 Å². The van der Waals surface area contributed by atoms with Crippen LogP contribution >= 0.6 is 0 Å². The zero-order chi connectivity index (χ0) is 32.5. The van der Waals surface area contributed by atoms with E-state index < -0.39 is 86.8 Å². The molecule has 0 bridgehead atoms. The van der Waals surface area contributed by atoms with Crippen molar-refractivity contribution in [3.63, 3.8) is 0 Å². The second kappa shape index (κ2) is 11.1. The number of hydrogen-bond donors (Lipinski definition) is 5. The van der Waals surface area contributed by atoms with Crippen molar-refractivity contribution in [3.05, 3.63) is 23.0 Å². The normalized spacial score (nSPS) is 32.9. The highest BCUT2D eigenvalue weighted by Gasteiger charge is 2.71. The number of aliphatic hydroxyl groups is 1. The van der Waals surface area contributed by atoms with E-state index in [9.17, 15) is 34.2 Å². The number of hydrogen-bond acceptors (Lipinski definition) is 10. The van der Waals surface area contributed by atoms with Crippen LogP contribution in [0.2, 0.25) is 0 Å². The first kappa shape index (κ1) is 31.9. The van der Waals surface area contributed by atoms with Crippen molar-refractivity contribution < 1.29 is 38.6 Å². The Morgan fingerprint density at radius 3 is 2.41 bits per heavy atom. The molecule has 238 valence electrons. The van der Waals surface area contributed by atoms with E-state index in [0.29, 0.717) is 19.4 Å². The van der Waals surface area contributed by atoms with Gasteiger partial charge in [-0.3, -0.25) is 28.9 Å². The quantitative estimate of drug-likeness (QED) is 0.267. The SMILES string of the molecule is CCCN(C(=O)CC)c1cc(F)c2c(c1O)C(=O)C1C(=O)C3(O)C(=N)C(C(N)=O)C(=O)C(N(C)C4CCN4)C3CC1(CC)C2. The molecule has 3 aliphatic carbocycles. The van der Waals surface area contributed by atoms with Gasteiger partial charge in [0, 0.05) is 30.5 Å². The Labute approximate surface area is 254 Å². The van der Waals surface area contributed by atoms with Crippen LogP contribution in [0.1, 0.15) is 68.8 Å². The third kappa shape index (κ3) is 4.26. The van der Waals surface area contributed by atoms with Crippen molar-refractivity contribution in [2.45, 2.75) is 77.1 Å². The predicted octanol–water partition coefficient (Wildman–Crippen LogP) is 1.08. The summed E-state index contributed by atoms with van der Waals surface area (Å²) < 4.78 is 16.0. The fourth-order valence-electron chi connectivity index (χ4n) is 8.02. The first-order valence-corrected chi connectivity index (χ1v) is 15.2. The smallest absolute Gasteiger partial charge is 0.233 e. The summed E-state index contributed by atoms with van der Waals surface area (Å²) in [5.74, 6) is -10.5. The lowest BCUT2D eigenvalue weighted by Gasteiger charge is -2.59. The van der Waals surface area contributed by atoms with Crippen LogP contribution in [0.15, 0.2) is 6.07 Å². The number of carbonyl (C=O) groups is 5. The lowest BCUT2D eigenvalue weighted by atomic mass is 9.46. The fourth-order valence-corrected chi connectivity index (χ4v) is 8.02. The Kier molecular flexibility index (Phi) is 8.05. The van der Waals surface area contributed by atoms with E-state index in [0.717, 1.165) is 6.07 Å². The van der Waals surface area contributed by atoms with Crippen molar-refractivity contribution in [3.8, 4) is 5.75 Å². The van der Waals surface area contributed by atoms with E-state index in [1.165, 1.54) is 4.90 Å². The van der Waals surface area contributed by atoms with Crippen molar-refractivity contribution in [1.29, 1.82) is 5.41 Å². The van der Waals surface area contributed by atoms with Gasteiger partial charge in [0.2, 0.25) is 11.8 Å². The topological polar surface area (TPSA) is 194 Å². The fraction of sp³-hybridized carbons (Fsp3) is 0.613. The first-order valence-electron chi connectivity index (χ1n) is 15.2. The van der Waals surface area contributed by atoms with Gasteiger partial charge in [-0.25, -0.2) is 4.39 Å². The number of phenols is 1. The van der Waals surface area contributed by atoms with E-state index in [1.807, 2.05) is 0 Å². The first-order chi connectivity index (χ1) is 20.7. The summed E-state index contributed by atoms with van der Waals surface area (Å²) >= 11 is 0. The minimum Gasteiger partial charge on any atom is -0.505 e. The maximum absolute atomic E-state index is 16.0. The largest absolute Gasteiger partial charge is 0.505 e. The second-order valence-electron chi connectivity index (χ2n) is 12.6. The predicted molar refractivity (Wildman–Crippen MR) is 157 cm³/mol. The van der Waals surface area contributed by atoms with E-state index in [-0.39, 0.29) is 49.6 Å². The van der Waals surface area contributed by atoms with Gasteiger partial charge in [0.25, 0.3) is 0 Å². The number of nitrogens with one attached hydrogen (secondary N) is 2. The molecule has 2 saturated carbocycles. The average Bonchev–Trinajstić information content (AvgIpc) is 2.94. The number of nitrogens with zero attached hydrogens (tertiary/aromatic N) is 2. The molecule has 7 unspecified atom stereocenters. The summed E-state index contributed by atoms with van der Waals surface area (Å²) in [4.78, 5) is 70.7. The van der Waals surface area contributed by atoms with Gasteiger partial charge in [-0.15, -0.1) is 0 Å². The maximum atomic E-state index is 16.0. The van der Waals surface area contributed by atoms with Crippen LogP contribution < -0.4 is 16.0 Å². The summed E-state index contributed by atoms with van der Waals surface area (Å²) in [7, 11) is 1.63. The number of rotatable bonds is 8. The van der Waals surface area contributed by atoms with Crippen LogP contribution in [-0.2, 0) is 25.6 Å². The maximum Gasteiger partial charge on any atom is 0.233 e. The Morgan fingerprint density at radius 2 is 1.89 bits per heavy atom. The average molecular weight is 614 g/mol. The van der Waals surface area contributed by atoms with Gasteiger partial charge >= 0.3 is 0 Å². The molecule has 1 heterocycles. The van der Waals surface area contributed by atoms with E-state index >= 15 is 4.39 Å². The van der Waals surface area contributed by atoms with Crippen LogP contribution in [-0.4, -0.2) is 87.9 Å². The number of ketones is 3. The van der Waals surface area contributed by atoms with E-state index in [1.54, 1.807) is 32.7 Å². The molecule has 1 aromatic rings. The number of amides is 2. The molecule has 4 aliphatic rings. The van der Waals surface area contributed by atoms with Crippen LogP contribution in [0.3, 0.4) is 0 Å². The number of aromatic hydroxyl groups is 1. The number of anilines is 1. The molecule has 7 atom stereocenters. The highest BCUT2D eigenvalue weighted by Crippen LogP contribution is 2.59. The lowest BCUT2D eigenvalue weighted by Crippen LogP contribution is -2.77. The molecule has 3 fully saturated rings. The number of fused-ring (bicyclic) bond motifs is 3. The van der Waals surface area contributed by atoms with Crippen molar-refractivity contribution in [2.24, 2.45) is 28.9 Å². The number of carbonyl (C=O) groups excluding carboxylic acids is 5. The van der Waals surface area contributed by atoms with Crippen LogP contribution in [0.5, 0.6) is 5.75 Å². The number of halogens is 1. The van der Waals surface area contributed by atoms with Crippen molar-refractivity contribution in [2.75, 3.05) is 25.0 Å². The summed E-state index contributed by atoms with van der Waals surface area (Å²) in [6, 6.07) is -0.164. The summed E-state index contributed by atoms with van der Waals surface area (Å²) in [6.07, 6.45) is 0.821. The monoisotopic (exact) mass is 613 g/mol. The molecule has 2 amide bonds. The molecule has 0 spiro atoms. The van der Waals surface area contributed by atoms with Gasteiger partial charge in [-0.2, -0.15) is 0 Å². The molecule has 44 heavy (non-hydrogen) atoms. The van der Waals surface area contributed by atoms with Crippen LogP contribution in [0, 0.1) is 34.4 Å². The van der Waals surface area contributed by atoms with E-state index in [4.69, 9.17) is 11.1 Å². The number of benzene rings is 1. The molecule has 1 aliphatic heterocycles. The highest BCUT2D eigenvalue weighted by atomic mass is 19.1. The Hall–Kier alpha value is -3.55. The van der Waals surface area contributed by atoms with Crippen LogP contribution in [0.4, 0.5) is 10.1 Å². The Bertz CT molecular complexity index is 1480. The molecular weight excluding hydrogens is 573 g/mol. The molecule has 5 rings (SSSR count). The highest BCUT2D eigenvalue weighted by molar-refractivity contribution is 6.33. The van der Waals surface area contributed by atoms with Gasteiger partial charge in [-0.1, -0.05) is 20.8 Å². The van der Waals surface area contributed by atoms with Gasteiger partial charge < -0.3 is 31.6 Å². The van der Waals surface area contributed by atoms with Gasteiger partial charge in [0.05, 0.1) is 35.1 Å². The van der Waals surface area contributed by atoms with Gasteiger partial charge in [0.1, 0.15) is 11.7 Å². The van der Waals surface area contributed by atoms with E-state index in [2.05, 4.69) is 5.32 Å². The third-order valence-electron chi connectivity index (χ3n) is 10.5. The molecular formula is C31H40FN5O7. The number of Topliss-reactive ketones (excluding diaryl/α,β-unsaturated/α-hetero) is 3. The zero-order valence-electron chi connectivity index (χ0n) is 25.4. The second-order valence-corrected chi connectivity index (χ2v) is 12.6. The number of nitrogens with two attached hydrogens (primary N) is 1. The minimum absolute atomic E-state index is 0.0639.